The Morgan fingerprint density at radius 2 is 1.91 bits per heavy atom. The highest BCUT2D eigenvalue weighted by Gasteiger charge is 2.15. The van der Waals surface area contributed by atoms with Crippen LogP contribution >= 0.6 is 22.9 Å². The van der Waals surface area contributed by atoms with Gasteiger partial charge in [0.25, 0.3) is 0 Å². The lowest BCUT2D eigenvalue weighted by Crippen LogP contribution is -2.14. The van der Waals surface area contributed by atoms with Gasteiger partial charge in [0.15, 0.2) is 15.0 Å². The van der Waals surface area contributed by atoms with E-state index < -0.39 is 9.84 Å². The summed E-state index contributed by atoms with van der Waals surface area (Å²) in [4.78, 5) is 17.3. The average Bonchev–Trinajstić information content (AvgIpc) is 2.77. The number of nitrogens with zero attached hydrogens (tertiary/aromatic N) is 1. The topological polar surface area (TPSA) is 76.1 Å². The number of carbonyl (C=O) groups excluding carboxylic acids is 1. The summed E-state index contributed by atoms with van der Waals surface area (Å²) >= 11 is 7.15. The van der Waals surface area contributed by atoms with E-state index in [0.717, 1.165) is 10.6 Å². The van der Waals surface area contributed by atoms with Gasteiger partial charge in [-0.25, -0.2) is 13.4 Å². The van der Waals surface area contributed by atoms with Crippen LogP contribution in [0.4, 0.5) is 5.13 Å². The molecule has 124 valence electrons. The van der Waals surface area contributed by atoms with E-state index in [0.29, 0.717) is 10.2 Å². The van der Waals surface area contributed by atoms with Crippen LogP contribution in [0.2, 0.25) is 5.02 Å². The van der Waals surface area contributed by atoms with Gasteiger partial charge in [-0.05, 0) is 44.5 Å². The molecule has 5 nitrogen and oxygen atoms in total. The fraction of sp³-hybridized carbons (Fsp3) is 0.333. The van der Waals surface area contributed by atoms with Crippen molar-refractivity contribution in [2.75, 3.05) is 11.1 Å². The van der Waals surface area contributed by atoms with Gasteiger partial charge in [-0.1, -0.05) is 11.6 Å². The second-order valence-corrected chi connectivity index (χ2v) is 8.83. The van der Waals surface area contributed by atoms with E-state index in [1.54, 1.807) is 0 Å². The minimum absolute atomic E-state index is 0.0853. The van der Waals surface area contributed by atoms with Gasteiger partial charge >= 0.3 is 0 Å². The molecule has 0 saturated carbocycles. The highest BCUT2D eigenvalue weighted by atomic mass is 35.5. The smallest absolute Gasteiger partial charge is 0.226 e. The molecule has 1 amide bonds. The zero-order valence-electron chi connectivity index (χ0n) is 12.8. The number of carbonyl (C=O) groups is 1. The van der Waals surface area contributed by atoms with Gasteiger partial charge < -0.3 is 5.32 Å². The molecule has 1 aromatic heterocycles. The molecule has 0 aliphatic carbocycles. The predicted molar refractivity (Wildman–Crippen MR) is 93.0 cm³/mol. The average molecular weight is 373 g/mol. The van der Waals surface area contributed by atoms with Crippen LogP contribution < -0.4 is 5.32 Å². The second-order valence-electron chi connectivity index (χ2n) is 5.09. The first-order valence-electron chi connectivity index (χ1n) is 7.00. The largest absolute Gasteiger partial charge is 0.302 e. The molecule has 1 heterocycles. The van der Waals surface area contributed by atoms with Gasteiger partial charge in [-0.3, -0.25) is 4.79 Å². The third kappa shape index (κ3) is 5.02. The van der Waals surface area contributed by atoms with Crippen molar-refractivity contribution in [3.8, 4) is 0 Å². The molecule has 23 heavy (non-hydrogen) atoms. The van der Waals surface area contributed by atoms with Crippen molar-refractivity contribution in [3.05, 3.63) is 39.9 Å². The van der Waals surface area contributed by atoms with E-state index in [4.69, 9.17) is 11.6 Å². The highest BCUT2D eigenvalue weighted by molar-refractivity contribution is 7.91. The molecule has 0 atom stereocenters. The number of rotatable bonds is 6. The van der Waals surface area contributed by atoms with Crippen LogP contribution in [0, 0.1) is 13.8 Å². The van der Waals surface area contributed by atoms with E-state index >= 15 is 0 Å². The molecule has 1 N–H and O–H groups in total. The molecule has 0 unspecified atom stereocenters. The molecule has 0 fully saturated rings. The highest BCUT2D eigenvalue weighted by Crippen LogP contribution is 2.21. The van der Waals surface area contributed by atoms with Crippen molar-refractivity contribution < 1.29 is 13.2 Å². The van der Waals surface area contributed by atoms with E-state index in [2.05, 4.69) is 10.3 Å². The third-order valence-electron chi connectivity index (χ3n) is 3.26. The minimum Gasteiger partial charge on any atom is -0.302 e. The van der Waals surface area contributed by atoms with Crippen molar-refractivity contribution in [1.29, 1.82) is 0 Å². The first-order chi connectivity index (χ1) is 10.8. The van der Waals surface area contributed by atoms with E-state index in [-0.39, 0.29) is 29.4 Å². The van der Waals surface area contributed by atoms with Gasteiger partial charge in [-0.15, -0.1) is 11.3 Å². The summed E-state index contributed by atoms with van der Waals surface area (Å²) in [6.07, 6.45) is 0.380. The molecular weight excluding hydrogens is 356 g/mol. The Bertz CT molecular complexity index is 779. The summed E-state index contributed by atoms with van der Waals surface area (Å²) in [7, 11) is -3.40. The number of aromatic nitrogens is 1. The lowest BCUT2D eigenvalue weighted by Gasteiger charge is -2.05. The maximum absolute atomic E-state index is 12.1. The summed E-state index contributed by atoms with van der Waals surface area (Å²) in [6, 6.07) is 6.01. The first kappa shape index (κ1) is 17.9. The molecule has 0 bridgehead atoms. The van der Waals surface area contributed by atoms with Crippen LogP contribution in [0.15, 0.2) is 29.2 Å². The maximum Gasteiger partial charge on any atom is 0.226 e. The number of anilines is 1. The number of hydrogen-bond donors (Lipinski definition) is 1. The monoisotopic (exact) mass is 372 g/mol. The molecular formula is C15H17ClN2O3S2. The van der Waals surface area contributed by atoms with E-state index in [1.807, 2.05) is 13.8 Å². The van der Waals surface area contributed by atoms with Crippen molar-refractivity contribution in [1.82, 2.24) is 4.98 Å². The zero-order valence-corrected chi connectivity index (χ0v) is 15.2. The second kappa shape index (κ2) is 7.42. The fourth-order valence-electron chi connectivity index (χ4n) is 1.89. The molecule has 0 saturated heterocycles. The third-order valence-corrected chi connectivity index (χ3v) is 6.32. The van der Waals surface area contributed by atoms with E-state index in [9.17, 15) is 13.2 Å². The molecule has 0 radical (unpaired) electrons. The van der Waals surface area contributed by atoms with Crippen molar-refractivity contribution >= 4 is 43.8 Å². The number of amides is 1. The number of thiazole rings is 1. The number of benzene rings is 1. The number of hydrogen-bond acceptors (Lipinski definition) is 5. The van der Waals surface area contributed by atoms with Crippen LogP contribution in [-0.4, -0.2) is 25.1 Å². The zero-order chi connectivity index (χ0) is 17.0. The maximum atomic E-state index is 12.1. The number of halogens is 1. The van der Waals surface area contributed by atoms with Gasteiger partial charge in [0.2, 0.25) is 5.91 Å². The van der Waals surface area contributed by atoms with Gasteiger partial charge in [0.05, 0.1) is 16.3 Å². The molecule has 2 rings (SSSR count). The Morgan fingerprint density at radius 1 is 1.26 bits per heavy atom. The lowest BCUT2D eigenvalue weighted by molar-refractivity contribution is -0.116. The van der Waals surface area contributed by atoms with Gasteiger partial charge in [0, 0.05) is 16.3 Å². The summed E-state index contributed by atoms with van der Waals surface area (Å²) in [5, 5.41) is 3.72. The van der Waals surface area contributed by atoms with Crippen LogP contribution in [0.3, 0.4) is 0 Å². The number of aryl methyl sites for hydroxylation is 2. The van der Waals surface area contributed by atoms with Crippen LogP contribution in [0.5, 0.6) is 0 Å². The summed E-state index contributed by atoms with van der Waals surface area (Å²) in [5.41, 5.74) is 0.885. The Balaban J connectivity index is 1.86. The molecule has 0 aliphatic rings. The van der Waals surface area contributed by atoms with Crippen LogP contribution in [0.1, 0.15) is 23.4 Å². The number of nitrogens with one attached hydrogen (secondary N) is 1. The van der Waals surface area contributed by atoms with Crippen molar-refractivity contribution in [2.24, 2.45) is 0 Å². The lowest BCUT2D eigenvalue weighted by atomic mass is 10.3. The number of sulfone groups is 1. The van der Waals surface area contributed by atoms with Gasteiger partial charge in [0.1, 0.15) is 0 Å². The van der Waals surface area contributed by atoms with Crippen LogP contribution in [0.25, 0.3) is 0 Å². The van der Waals surface area contributed by atoms with Gasteiger partial charge in [-0.2, -0.15) is 0 Å². The fourth-order valence-corrected chi connectivity index (χ4v) is 4.16. The summed E-state index contributed by atoms with van der Waals surface area (Å²) in [6.45, 7) is 3.81. The Labute approximate surface area is 144 Å². The molecule has 1 aromatic carbocycles. The van der Waals surface area contributed by atoms with Crippen molar-refractivity contribution in [2.45, 2.75) is 31.6 Å². The summed E-state index contributed by atoms with van der Waals surface area (Å²) < 4.78 is 24.3. The predicted octanol–water partition coefficient (Wildman–Crippen LogP) is 3.61. The summed E-state index contributed by atoms with van der Waals surface area (Å²) in [5.74, 6) is -0.317. The van der Waals surface area contributed by atoms with E-state index in [1.165, 1.54) is 35.6 Å². The standard InChI is InChI=1S/C15H17ClN2O3S2/c1-10-11(2)22-15(17-10)18-14(19)4-3-9-23(20,21)13-7-5-12(16)6-8-13/h5-8H,3-4,9H2,1-2H3,(H,17,18,19). The van der Waals surface area contributed by atoms with Crippen LogP contribution in [-0.2, 0) is 14.6 Å². The molecule has 0 aliphatic heterocycles. The Morgan fingerprint density at radius 3 is 2.48 bits per heavy atom. The Hall–Kier alpha value is -1.44. The molecule has 2 aromatic rings. The SMILES string of the molecule is Cc1nc(NC(=O)CCCS(=O)(=O)c2ccc(Cl)cc2)sc1C. The normalized spacial score (nSPS) is 11.4. The molecule has 0 spiro atoms. The van der Waals surface area contributed by atoms with Crippen molar-refractivity contribution in [3.63, 3.8) is 0 Å². The minimum atomic E-state index is -3.40. The quantitative estimate of drug-likeness (QED) is 0.840. The molecule has 8 heteroatoms. The first-order valence-corrected chi connectivity index (χ1v) is 9.85. The Kier molecular flexibility index (Phi) is 5.78.